The molecule has 0 bridgehead atoms. The fourth-order valence-corrected chi connectivity index (χ4v) is 3.62. The van der Waals surface area contributed by atoms with Crippen LogP contribution < -0.4 is 16.0 Å². The molecule has 0 aromatic heterocycles. The number of nitrogens with two attached hydrogens (primary N) is 1. The molecular weight excluding hydrogens is 380 g/mol. The average Bonchev–Trinajstić information content (AvgIpc) is 3.00. The second-order valence-electron chi connectivity index (χ2n) is 6.74. The zero-order valence-corrected chi connectivity index (χ0v) is 16.0. The number of nitrogens with zero attached hydrogens (tertiary/aromatic N) is 2. The maximum atomic E-state index is 13.1. The number of urea groups is 1. The van der Waals surface area contributed by atoms with Crippen molar-refractivity contribution < 1.29 is 14.4 Å². The zero-order chi connectivity index (χ0) is 19.0. The second-order valence-corrected chi connectivity index (χ2v) is 6.74. The van der Waals surface area contributed by atoms with Crippen molar-refractivity contribution in [1.29, 1.82) is 0 Å². The Kier molecular flexibility index (Phi) is 5.56. The van der Waals surface area contributed by atoms with Crippen molar-refractivity contribution in [3.63, 3.8) is 0 Å². The van der Waals surface area contributed by atoms with Crippen LogP contribution in [-0.4, -0.2) is 35.8 Å². The molecule has 4 rings (SSSR count). The van der Waals surface area contributed by atoms with E-state index in [-0.39, 0.29) is 37.3 Å². The highest BCUT2D eigenvalue weighted by Gasteiger charge is 2.29. The highest BCUT2D eigenvalue weighted by atomic mass is 35.5. The highest BCUT2D eigenvalue weighted by molar-refractivity contribution is 6.07. The van der Waals surface area contributed by atoms with Gasteiger partial charge in [-0.25, -0.2) is 4.79 Å². The predicted molar refractivity (Wildman–Crippen MR) is 108 cm³/mol. The summed E-state index contributed by atoms with van der Waals surface area (Å²) in [5, 5.41) is 2.50. The predicted octanol–water partition coefficient (Wildman–Crippen LogP) is 2.34. The summed E-state index contributed by atoms with van der Waals surface area (Å²) in [7, 11) is 0. The minimum Gasteiger partial charge on any atom is -0.398 e. The summed E-state index contributed by atoms with van der Waals surface area (Å²) in [6.07, 6.45) is 1.72. The molecule has 146 valence electrons. The molecule has 2 heterocycles. The van der Waals surface area contributed by atoms with Crippen LogP contribution in [0.25, 0.3) is 0 Å². The molecule has 0 unspecified atom stereocenters. The summed E-state index contributed by atoms with van der Waals surface area (Å²) in [6.45, 7) is 0.797. The topological polar surface area (TPSA) is 95.7 Å². The molecule has 8 heteroatoms. The van der Waals surface area contributed by atoms with Crippen LogP contribution >= 0.6 is 12.4 Å². The summed E-state index contributed by atoms with van der Waals surface area (Å²) in [4.78, 5) is 39.5. The van der Waals surface area contributed by atoms with E-state index in [2.05, 4.69) is 5.32 Å². The van der Waals surface area contributed by atoms with Crippen molar-refractivity contribution in [1.82, 2.24) is 10.2 Å². The van der Waals surface area contributed by atoms with Crippen LogP contribution in [0.2, 0.25) is 0 Å². The number of halogens is 1. The first-order chi connectivity index (χ1) is 13.0. The number of carbonyl (C=O) groups excluding carboxylic acids is 3. The van der Waals surface area contributed by atoms with Gasteiger partial charge in [-0.1, -0.05) is 18.2 Å². The Hall–Kier alpha value is -3.06. The van der Waals surface area contributed by atoms with E-state index in [0.29, 0.717) is 17.8 Å². The minimum atomic E-state index is -0.405. The maximum absolute atomic E-state index is 13.1. The Labute approximate surface area is 168 Å². The van der Waals surface area contributed by atoms with Crippen LogP contribution in [-0.2, 0) is 17.8 Å². The molecule has 28 heavy (non-hydrogen) atoms. The van der Waals surface area contributed by atoms with Gasteiger partial charge in [0.25, 0.3) is 5.91 Å². The Morgan fingerprint density at radius 1 is 1.14 bits per heavy atom. The van der Waals surface area contributed by atoms with Gasteiger partial charge in [0.15, 0.2) is 0 Å². The molecule has 0 atom stereocenters. The number of amides is 4. The SMILES string of the molecule is Cl.Nc1cccc2c1CCCN2C(=O)c1cccc(CN2C(=O)CNC2=O)c1. The number of fused-ring (bicyclic) bond motifs is 1. The molecule has 2 aromatic carbocycles. The van der Waals surface area contributed by atoms with Gasteiger partial charge in [-0.05, 0) is 48.2 Å². The largest absolute Gasteiger partial charge is 0.398 e. The van der Waals surface area contributed by atoms with Gasteiger partial charge < -0.3 is 16.0 Å². The van der Waals surface area contributed by atoms with E-state index in [1.807, 2.05) is 18.2 Å². The van der Waals surface area contributed by atoms with Crippen LogP contribution in [0.5, 0.6) is 0 Å². The van der Waals surface area contributed by atoms with Gasteiger partial charge in [0, 0.05) is 23.5 Å². The molecule has 2 aliphatic heterocycles. The Bertz CT molecular complexity index is 931. The first-order valence-electron chi connectivity index (χ1n) is 8.91. The number of imide groups is 1. The van der Waals surface area contributed by atoms with E-state index < -0.39 is 6.03 Å². The number of nitrogens with one attached hydrogen (secondary N) is 1. The van der Waals surface area contributed by atoms with Gasteiger partial charge in [-0.15, -0.1) is 12.4 Å². The van der Waals surface area contributed by atoms with Gasteiger partial charge >= 0.3 is 6.03 Å². The van der Waals surface area contributed by atoms with Gasteiger partial charge in [0.2, 0.25) is 5.91 Å². The molecule has 3 N–H and O–H groups in total. The van der Waals surface area contributed by atoms with Gasteiger partial charge in [-0.2, -0.15) is 0 Å². The fourth-order valence-electron chi connectivity index (χ4n) is 3.62. The molecule has 2 aliphatic rings. The van der Waals surface area contributed by atoms with Gasteiger partial charge in [0.05, 0.1) is 13.1 Å². The summed E-state index contributed by atoms with van der Waals surface area (Å²) in [6, 6.07) is 12.3. The first-order valence-corrected chi connectivity index (χ1v) is 8.91. The normalized spacial score (nSPS) is 15.7. The summed E-state index contributed by atoms with van der Waals surface area (Å²) in [5.74, 6) is -0.377. The quantitative estimate of drug-likeness (QED) is 0.610. The maximum Gasteiger partial charge on any atom is 0.324 e. The van der Waals surface area contributed by atoms with Crippen LogP contribution in [0.15, 0.2) is 42.5 Å². The van der Waals surface area contributed by atoms with Crippen LogP contribution in [0, 0.1) is 0 Å². The molecular formula is C20H21ClN4O3. The van der Waals surface area contributed by atoms with Crippen molar-refractivity contribution in [2.45, 2.75) is 19.4 Å². The summed E-state index contributed by atoms with van der Waals surface area (Å²) in [5.41, 5.74) is 9.89. The number of rotatable bonds is 3. The van der Waals surface area contributed by atoms with Crippen molar-refractivity contribution in [3.8, 4) is 0 Å². The Morgan fingerprint density at radius 3 is 2.68 bits per heavy atom. The lowest BCUT2D eigenvalue weighted by Crippen LogP contribution is -2.36. The molecule has 1 saturated heterocycles. The van der Waals surface area contributed by atoms with E-state index in [1.165, 1.54) is 0 Å². The van der Waals surface area contributed by atoms with Crippen molar-refractivity contribution >= 4 is 41.6 Å². The minimum absolute atomic E-state index is 0. The standard InChI is InChI=1S/C20H20N4O3.ClH/c21-16-7-2-8-17-15(16)6-3-9-23(17)19(26)14-5-1-4-13(10-14)12-24-18(25)11-22-20(24)27;/h1-2,4-5,7-8,10H,3,6,9,11-12,21H2,(H,22,27);1H. The van der Waals surface area contributed by atoms with Crippen molar-refractivity contribution in [2.75, 3.05) is 23.7 Å². The first kappa shape index (κ1) is 19.7. The molecule has 4 amide bonds. The molecule has 0 spiro atoms. The molecule has 0 saturated carbocycles. The van der Waals surface area contributed by atoms with Gasteiger partial charge in [-0.3, -0.25) is 14.5 Å². The van der Waals surface area contributed by atoms with Crippen LogP contribution in [0.3, 0.4) is 0 Å². The average molecular weight is 401 g/mol. The summed E-state index contributed by atoms with van der Waals surface area (Å²) < 4.78 is 0. The van der Waals surface area contributed by atoms with Crippen LogP contribution in [0.4, 0.5) is 16.2 Å². The summed E-state index contributed by atoms with van der Waals surface area (Å²) >= 11 is 0. The van der Waals surface area contributed by atoms with E-state index in [9.17, 15) is 14.4 Å². The van der Waals surface area contributed by atoms with Crippen LogP contribution in [0.1, 0.15) is 27.9 Å². The van der Waals surface area contributed by atoms with E-state index in [1.54, 1.807) is 29.2 Å². The molecule has 7 nitrogen and oxygen atoms in total. The number of hydrogen-bond donors (Lipinski definition) is 2. The Morgan fingerprint density at radius 2 is 1.93 bits per heavy atom. The lowest BCUT2D eigenvalue weighted by atomic mass is 9.98. The fraction of sp³-hybridized carbons (Fsp3) is 0.250. The van der Waals surface area contributed by atoms with E-state index in [4.69, 9.17) is 5.73 Å². The number of nitrogen functional groups attached to an aromatic ring is 1. The second kappa shape index (κ2) is 7.90. The third-order valence-electron chi connectivity index (χ3n) is 4.98. The zero-order valence-electron chi connectivity index (χ0n) is 15.2. The van der Waals surface area contributed by atoms with Crippen molar-refractivity contribution in [2.24, 2.45) is 0 Å². The molecule has 2 aromatic rings. The Balaban J connectivity index is 0.00000225. The highest BCUT2D eigenvalue weighted by Crippen LogP contribution is 2.32. The number of benzene rings is 2. The molecule has 0 radical (unpaired) electrons. The number of carbonyl (C=O) groups is 3. The monoisotopic (exact) mass is 400 g/mol. The van der Waals surface area contributed by atoms with Gasteiger partial charge in [0.1, 0.15) is 0 Å². The van der Waals surface area contributed by atoms with E-state index >= 15 is 0 Å². The third kappa shape index (κ3) is 3.53. The molecule has 0 aliphatic carbocycles. The third-order valence-corrected chi connectivity index (χ3v) is 4.98. The smallest absolute Gasteiger partial charge is 0.324 e. The van der Waals surface area contributed by atoms with Crippen molar-refractivity contribution in [3.05, 3.63) is 59.2 Å². The lowest BCUT2D eigenvalue weighted by Gasteiger charge is -2.30. The lowest BCUT2D eigenvalue weighted by molar-refractivity contribution is -0.125. The molecule has 1 fully saturated rings. The number of hydrogen-bond acceptors (Lipinski definition) is 4. The number of anilines is 2. The van der Waals surface area contributed by atoms with E-state index in [0.717, 1.165) is 34.6 Å².